The zero-order valence-corrected chi connectivity index (χ0v) is 11.6. The topological polar surface area (TPSA) is 54.1 Å². The van der Waals surface area contributed by atoms with Gasteiger partial charge in [0.05, 0.1) is 34.5 Å². The Morgan fingerprint density at radius 1 is 1.21 bits per heavy atom. The number of rotatable bonds is 2. The smallest absolute Gasteiger partial charge is 0.0992 e. The number of nitriles is 2. The van der Waals surface area contributed by atoms with Gasteiger partial charge in [-0.25, -0.2) is 0 Å². The summed E-state index contributed by atoms with van der Waals surface area (Å²) in [7, 11) is 0. The molecule has 98 valence electrons. The summed E-state index contributed by atoms with van der Waals surface area (Å²) in [5.74, 6) is 0. The minimum atomic E-state index is -0.0430. The van der Waals surface area contributed by atoms with E-state index in [4.69, 9.17) is 22.1 Å². The fraction of sp³-hybridized carbons (Fsp3) is 0.429. The molecule has 0 radical (unpaired) electrons. The molecule has 4 nitrogen and oxygen atoms in total. The lowest BCUT2D eigenvalue weighted by molar-refractivity contribution is 0.232. The van der Waals surface area contributed by atoms with E-state index in [0.717, 1.165) is 31.9 Å². The molecule has 0 spiro atoms. The van der Waals surface area contributed by atoms with Crippen molar-refractivity contribution in [3.63, 3.8) is 0 Å². The average Bonchev–Trinajstić information content (AvgIpc) is 2.46. The van der Waals surface area contributed by atoms with Gasteiger partial charge in [0, 0.05) is 26.2 Å². The fourth-order valence-corrected chi connectivity index (χ4v) is 2.56. The highest BCUT2D eigenvalue weighted by atomic mass is 35.5. The molecule has 1 unspecified atom stereocenters. The molecule has 0 amide bonds. The van der Waals surface area contributed by atoms with E-state index in [9.17, 15) is 0 Å². The van der Waals surface area contributed by atoms with Crippen LogP contribution < -0.4 is 4.90 Å². The molecule has 1 aliphatic heterocycles. The van der Waals surface area contributed by atoms with Crippen molar-refractivity contribution < 1.29 is 0 Å². The molecule has 1 aromatic rings. The summed E-state index contributed by atoms with van der Waals surface area (Å²) >= 11 is 6.21. The standard InChI is InChI=1S/C14H15ClN4/c1-11(9-16)18-4-6-19(7-5-18)14-3-2-12(10-17)8-13(14)15/h2-3,8,11H,4-7H2,1H3. The summed E-state index contributed by atoms with van der Waals surface area (Å²) < 4.78 is 0. The molecule has 1 aliphatic rings. The number of anilines is 1. The van der Waals surface area contributed by atoms with Gasteiger partial charge in [-0.3, -0.25) is 4.90 Å². The number of hydrogen-bond acceptors (Lipinski definition) is 4. The maximum Gasteiger partial charge on any atom is 0.0992 e. The molecule has 1 aromatic carbocycles. The van der Waals surface area contributed by atoms with Crippen LogP contribution in [0.4, 0.5) is 5.69 Å². The van der Waals surface area contributed by atoms with Crippen LogP contribution in [0.25, 0.3) is 0 Å². The molecule has 0 aliphatic carbocycles. The van der Waals surface area contributed by atoms with Crippen molar-refractivity contribution in [1.82, 2.24) is 4.90 Å². The minimum Gasteiger partial charge on any atom is -0.368 e. The van der Waals surface area contributed by atoms with Crippen molar-refractivity contribution in [3.05, 3.63) is 28.8 Å². The van der Waals surface area contributed by atoms with E-state index >= 15 is 0 Å². The van der Waals surface area contributed by atoms with E-state index in [1.165, 1.54) is 0 Å². The molecule has 1 saturated heterocycles. The van der Waals surface area contributed by atoms with Gasteiger partial charge in [-0.2, -0.15) is 10.5 Å². The van der Waals surface area contributed by atoms with E-state index in [-0.39, 0.29) is 6.04 Å². The van der Waals surface area contributed by atoms with E-state index in [2.05, 4.69) is 21.9 Å². The zero-order chi connectivity index (χ0) is 13.8. The Balaban J connectivity index is 2.06. The number of piperazine rings is 1. The second kappa shape index (κ2) is 5.93. The highest BCUT2D eigenvalue weighted by Gasteiger charge is 2.22. The van der Waals surface area contributed by atoms with Crippen LogP contribution in [0, 0.1) is 22.7 Å². The van der Waals surface area contributed by atoms with E-state index < -0.39 is 0 Å². The molecule has 19 heavy (non-hydrogen) atoms. The molecular formula is C14H15ClN4. The highest BCUT2D eigenvalue weighted by molar-refractivity contribution is 6.33. The Bertz CT molecular complexity index is 535. The van der Waals surface area contributed by atoms with E-state index in [1.807, 2.05) is 13.0 Å². The highest BCUT2D eigenvalue weighted by Crippen LogP contribution is 2.27. The molecule has 1 atom stereocenters. The van der Waals surface area contributed by atoms with Crippen molar-refractivity contribution in [2.45, 2.75) is 13.0 Å². The van der Waals surface area contributed by atoms with Gasteiger partial charge < -0.3 is 4.90 Å². The van der Waals surface area contributed by atoms with Crippen LogP contribution in [0.15, 0.2) is 18.2 Å². The van der Waals surface area contributed by atoms with Gasteiger partial charge in [-0.1, -0.05) is 11.6 Å². The van der Waals surface area contributed by atoms with Crippen molar-refractivity contribution in [3.8, 4) is 12.1 Å². The second-order valence-corrected chi connectivity index (χ2v) is 5.01. The maximum atomic E-state index is 8.91. The predicted octanol–water partition coefficient (Wildman–Crippen LogP) is 2.25. The first-order valence-electron chi connectivity index (χ1n) is 6.24. The van der Waals surface area contributed by atoms with Crippen molar-refractivity contribution >= 4 is 17.3 Å². The average molecular weight is 275 g/mol. The molecule has 0 aromatic heterocycles. The fourth-order valence-electron chi connectivity index (χ4n) is 2.26. The molecule has 1 fully saturated rings. The molecule has 0 N–H and O–H groups in total. The molecular weight excluding hydrogens is 260 g/mol. The van der Waals surface area contributed by atoms with Crippen LogP contribution in [-0.4, -0.2) is 37.1 Å². The van der Waals surface area contributed by atoms with Crippen molar-refractivity contribution in [2.24, 2.45) is 0 Å². The van der Waals surface area contributed by atoms with Crippen LogP contribution in [0.5, 0.6) is 0 Å². The second-order valence-electron chi connectivity index (χ2n) is 4.61. The third-order valence-corrected chi connectivity index (χ3v) is 3.77. The van der Waals surface area contributed by atoms with Crippen molar-refractivity contribution in [1.29, 1.82) is 10.5 Å². The molecule has 5 heteroatoms. The largest absolute Gasteiger partial charge is 0.368 e. The monoisotopic (exact) mass is 274 g/mol. The summed E-state index contributed by atoms with van der Waals surface area (Å²) in [6.07, 6.45) is 0. The lowest BCUT2D eigenvalue weighted by Crippen LogP contribution is -2.49. The minimum absolute atomic E-state index is 0.0430. The Hall–Kier alpha value is -1.75. The number of hydrogen-bond donors (Lipinski definition) is 0. The van der Waals surface area contributed by atoms with Crippen LogP contribution in [0.3, 0.4) is 0 Å². The van der Waals surface area contributed by atoms with Crippen LogP contribution in [0.2, 0.25) is 5.02 Å². The van der Waals surface area contributed by atoms with E-state index in [0.29, 0.717) is 10.6 Å². The van der Waals surface area contributed by atoms with Gasteiger partial charge >= 0.3 is 0 Å². The molecule has 2 rings (SSSR count). The van der Waals surface area contributed by atoms with Gasteiger partial charge in [-0.05, 0) is 25.1 Å². The Labute approximate surface area is 118 Å². The third kappa shape index (κ3) is 2.98. The summed E-state index contributed by atoms with van der Waals surface area (Å²) in [4.78, 5) is 4.36. The van der Waals surface area contributed by atoms with Crippen LogP contribution in [0.1, 0.15) is 12.5 Å². The lowest BCUT2D eigenvalue weighted by Gasteiger charge is -2.37. The number of halogens is 1. The summed E-state index contributed by atoms with van der Waals surface area (Å²) in [6, 6.07) is 9.67. The van der Waals surface area contributed by atoms with E-state index in [1.54, 1.807) is 12.1 Å². The normalized spacial score (nSPS) is 17.6. The molecule has 0 bridgehead atoms. The number of nitrogens with zero attached hydrogens (tertiary/aromatic N) is 4. The van der Waals surface area contributed by atoms with Crippen LogP contribution >= 0.6 is 11.6 Å². The summed E-state index contributed by atoms with van der Waals surface area (Å²) in [5, 5.41) is 18.4. The Morgan fingerprint density at radius 3 is 2.42 bits per heavy atom. The molecule has 0 saturated carbocycles. The number of benzene rings is 1. The predicted molar refractivity (Wildman–Crippen MR) is 75.0 cm³/mol. The van der Waals surface area contributed by atoms with Gasteiger partial charge in [0.25, 0.3) is 0 Å². The molecule has 1 heterocycles. The van der Waals surface area contributed by atoms with Gasteiger partial charge in [-0.15, -0.1) is 0 Å². The van der Waals surface area contributed by atoms with Gasteiger partial charge in [0.2, 0.25) is 0 Å². The summed E-state index contributed by atoms with van der Waals surface area (Å²) in [5.41, 5.74) is 1.54. The Kier molecular flexibility index (Phi) is 4.27. The maximum absolute atomic E-state index is 8.91. The first kappa shape index (κ1) is 13.7. The first-order chi connectivity index (χ1) is 9.15. The van der Waals surface area contributed by atoms with Crippen LogP contribution in [-0.2, 0) is 0 Å². The quantitative estimate of drug-likeness (QED) is 0.830. The lowest BCUT2D eigenvalue weighted by atomic mass is 10.2. The zero-order valence-electron chi connectivity index (χ0n) is 10.8. The van der Waals surface area contributed by atoms with Gasteiger partial charge in [0.1, 0.15) is 0 Å². The summed E-state index contributed by atoms with van der Waals surface area (Å²) in [6.45, 7) is 5.32. The SMILES string of the molecule is CC(C#N)N1CCN(c2ccc(C#N)cc2Cl)CC1. The van der Waals surface area contributed by atoms with Gasteiger partial charge in [0.15, 0.2) is 0 Å². The first-order valence-corrected chi connectivity index (χ1v) is 6.61. The van der Waals surface area contributed by atoms with Crippen molar-refractivity contribution in [2.75, 3.05) is 31.1 Å². The third-order valence-electron chi connectivity index (χ3n) is 3.47. The Morgan fingerprint density at radius 2 is 1.89 bits per heavy atom.